The van der Waals surface area contributed by atoms with Crippen molar-refractivity contribution in [3.8, 4) is 22.8 Å². The average Bonchev–Trinajstić information content (AvgIpc) is 3.74. The summed E-state index contributed by atoms with van der Waals surface area (Å²) >= 11 is 0. The number of carbonyl (C=O) groups is 2. The maximum Gasteiger partial charge on any atom is 0.424 e. The van der Waals surface area contributed by atoms with E-state index in [1.165, 1.54) is 12.1 Å². The molecule has 4 N–H and O–H groups in total. The molecule has 2 aromatic heterocycles. The van der Waals surface area contributed by atoms with E-state index < -0.39 is 77.1 Å². The van der Waals surface area contributed by atoms with Crippen molar-refractivity contribution in [3.63, 3.8) is 0 Å². The number of nitrogens with zero attached hydrogens (tertiary/aromatic N) is 2. The van der Waals surface area contributed by atoms with E-state index in [1.807, 2.05) is 0 Å². The van der Waals surface area contributed by atoms with Gasteiger partial charge in [0.1, 0.15) is 35.1 Å². The first kappa shape index (κ1) is 32.0. The van der Waals surface area contributed by atoms with Crippen LogP contribution < -0.4 is 20.5 Å². The fourth-order valence-corrected chi connectivity index (χ4v) is 5.34. The van der Waals surface area contributed by atoms with Gasteiger partial charge in [0.05, 0.1) is 18.3 Å². The summed E-state index contributed by atoms with van der Waals surface area (Å²) in [5, 5.41) is 13.8. The van der Waals surface area contributed by atoms with Gasteiger partial charge in [-0.05, 0) is 73.9 Å². The Bertz CT molecular complexity index is 1900. The maximum atomic E-state index is 14.8. The zero-order valence-electron chi connectivity index (χ0n) is 24.5. The number of carbonyl (C=O) groups excluding carboxylic acids is 2. The summed E-state index contributed by atoms with van der Waals surface area (Å²) in [7, 11) is 0. The first-order valence-electron chi connectivity index (χ1n) is 14.3. The highest BCUT2D eigenvalue weighted by Gasteiger charge is 2.60. The Kier molecular flexibility index (Phi) is 7.77. The monoisotopic (exact) mass is 660 g/mol. The number of benzene rings is 2. The molecule has 6 rings (SSSR count). The average molecular weight is 661 g/mol. The summed E-state index contributed by atoms with van der Waals surface area (Å²) in [5.74, 6) is -3.58. The maximum absolute atomic E-state index is 14.8. The van der Waals surface area contributed by atoms with E-state index in [4.69, 9.17) is 15.2 Å². The topological polar surface area (TPSA) is 137 Å². The Morgan fingerprint density at radius 2 is 1.85 bits per heavy atom. The molecule has 0 bridgehead atoms. The molecule has 1 aliphatic heterocycles. The number of halogens is 6. The van der Waals surface area contributed by atoms with Crippen molar-refractivity contribution in [2.24, 2.45) is 5.73 Å². The number of fused-ring (bicyclic) bond motifs is 2. The molecule has 15 heteroatoms. The lowest BCUT2D eigenvalue weighted by atomic mass is 9.80. The fourth-order valence-electron chi connectivity index (χ4n) is 5.34. The van der Waals surface area contributed by atoms with Crippen molar-refractivity contribution < 1.29 is 50.5 Å². The van der Waals surface area contributed by atoms with E-state index in [2.05, 4.69) is 15.3 Å². The number of primary amides is 1. The molecule has 246 valence electrons. The predicted octanol–water partition coefficient (Wildman–Crippen LogP) is 4.85. The van der Waals surface area contributed by atoms with Crippen LogP contribution in [-0.2, 0) is 15.8 Å². The highest BCUT2D eigenvalue weighted by Crippen LogP contribution is 2.50. The molecule has 0 radical (unpaired) electrons. The molecule has 2 atom stereocenters. The van der Waals surface area contributed by atoms with Gasteiger partial charge in [0.15, 0.2) is 5.41 Å². The Morgan fingerprint density at radius 3 is 2.47 bits per heavy atom. The molecule has 0 saturated heterocycles. The Hall–Kier alpha value is -4.92. The summed E-state index contributed by atoms with van der Waals surface area (Å²) < 4.78 is 98.2. The molecule has 3 heterocycles. The number of aromatic nitrogens is 2. The zero-order valence-corrected chi connectivity index (χ0v) is 24.5. The van der Waals surface area contributed by atoms with Crippen molar-refractivity contribution in [3.05, 3.63) is 82.9 Å². The number of rotatable bonds is 9. The molecule has 2 aromatic carbocycles. The first-order chi connectivity index (χ1) is 22.1. The van der Waals surface area contributed by atoms with Crippen molar-refractivity contribution in [2.75, 3.05) is 13.2 Å². The van der Waals surface area contributed by atoms with Crippen LogP contribution >= 0.6 is 0 Å². The molecule has 1 saturated carbocycles. The van der Waals surface area contributed by atoms with E-state index >= 15 is 0 Å². The molecule has 2 amide bonds. The minimum atomic E-state index is -5.55. The lowest BCUT2D eigenvalue weighted by Crippen LogP contribution is -2.52. The third kappa shape index (κ3) is 5.58. The van der Waals surface area contributed by atoms with Crippen LogP contribution in [0.2, 0.25) is 0 Å². The second-order valence-electron chi connectivity index (χ2n) is 11.6. The van der Waals surface area contributed by atoms with E-state index in [-0.39, 0.29) is 23.0 Å². The number of alkyl halides is 5. The highest BCUT2D eigenvalue weighted by molar-refractivity contribution is 6.00. The van der Waals surface area contributed by atoms with Gasteiger partial charge in [0.2, 0.25) is 11.5 Å². The summed E-state index contributed by atoms with van der Waals surface area (Å²) in [4.78, 5) is 34.0. The van der Waals surface area contributed by atoms with E-state index in [9.17, 15) is 41.0 Å². The van der Waals surface area contributed by atoms with E-state index in [0.717, 1.165) is 42.7 Å². The highest BCUT2D eigenvalue weighted by atomic mass is 19.4. The van der Waals surface area contributed by atoms with E-state index in [1.54, 1.807) is 19.2 Å². The molecule has 2 aliphatic rings. The summed E-state index contributed by atoms with van der Waals surface area (Å²) in [6, 6.07) is 9.00. The largest absolute Gasteiger partial charge is 0.489 e. The second kappa shape index (κ2) is 11.4. The summed E-state index contributed by atoms with van der Waals surface area (Å²) in [5.41, 5.74) is -3.01. The van der Waals surface area contributed by atoms with Crippen LogP contribution in [0, 0.1) is 12.7 Å². The Morgan fingerprint density at radius 1 is 1.15 bits per heavy atom. The number of nitrogens with one attached hydrogen (secondary N) is 1. The van der Waals surface area contributed by atoms with Gasteiger partial charge in [-0.25, -0.2) is 18.2 Å². The van der Waals surface area contributed by atoms with Crippen LogP contribution in [0.4, 0.5) is 26.3 Å². The van der Waals surface area contributed by atoms with Crippen LogP contribution in [0.3, 0.4) is 0 Å². The number of hydrogen-bond acceptors (Lipinski definition) is 7. The van der Waals surface area contributed by atoms with Gasteiger partial charge in [0.25, 0.3) is 12.3 Å². The van der Waals surface area contributed by atoms with Gasteiger partial charge in [-0.3, -0.25) is 14.6 Å². The third-order valence-corrected chi connectivity index (χ3v) is 8.19. The molecule has 0 spiro atoms. The number of hydrogen-bond donors (Lipinski definition) is 3. The number of aryl methyl sites for hydroxylation is 1. The fraction of sp³-hybridized carbons (Fsp3) is 0.312. The van der Waals surface area contributed by atoms with E-state index in [0.29, 0.717) is 17.0 Å². The Labute approximate surface area is 262 Å². The molecule has 1 fully saturated rings. The van der Waals surface area contributed by atoms with Crippen molar-refractivity contribution >= 4 is 22.7 Å². The summed E-state index contributed by atoms with van der Waals surface area (Å²) in [6.45, 7) is -0.788. The van der Waals surface area contributed by atoms with Crippen molar-refractivity contribution in [1.29, 1.82) is 0 Å². The smallest absolute Gasteiger partial charge is 0.424 e. The third-order valence-electron chi connectivity index (χ3n) is 8.19. The van der Waals surface area contributed by atoms with Crippen LogP contribution in [0.15, 0.2) is 54.7 Å². The van der Waals surface area contributed by atoms with Gasteiger partial charge in [-0.1, -0.05) is 0 Å². The Balaban J connectivity index is 1.43. The number of pyridine rings is 2. The quantitative estimate of drug-likeness (QED) is 0.219. The zero-order chi connectivity index (χ0) is 33.9. The van der Waals surface area contributed by atoms with Gasteiger partial charge in [0, 0.05) is 28.3 Å². The van der Waals surface area contributed by atoms with Crippen LogP contribution in [0.1, 0.15) is 40.0 Å². The minimum absolute atomic E-state index is 0.0733. The normalized spacial score (nSPS) is 18.8. The SMILES string of the molecule is Cc1cnc2c(OC3CC3)cc(C(=O)NCC(O)(c3cc4c(c(-c5ccc(F)cc5)n3)OC[C@@]4(C(N)=O)C(F)F)C(F)(F)F)cc2c1. The second-order valence-corrected chi connectivity index (χ2v) is 11.6. The standard InChI is InChI=1S/C32H26F6N4O5/c1-15-8-17-9-18(10-22(24(17)40-12-15)47-20-6-7-20)27(43)41-13-31(45,32(36,37)38)23-11-21-26(46-14-30(21,28(34)35)29(39)44)25(42-23)16-2-4-19(33)5-3-16/h2-5,8-12,20,28,45H,6-7,13-14H2,1H3,(H2,39,44)(H,41,43)/t30-,31?/m0/s1. The van der Waals surface area contributed by atoms with Crippen LogP contribution in [-0.4, -0.2) is 58.7 Å². The van der Waals surface area contributed by atoms with Gasteiger partial charge in [-0.15, -0.1) is 0 Å². The van der Waals surface area contributed by atoms with Crippen molar-refractivity contribution in [1.82, 2.24) is 15.3 Å². The van der Waals surface area contributed by atoms with Crippen molar-refractivity contribution in [2.45, 2.75) is 49.5 Å². The predicted molar refractivity (Wildman–Crippen MR) is 154 cm³/mol. The number of nitrogens with two attached hydrogens (primary N) is 1. The molecule has 9 nitrogen and oxygen atoms in total. The summed E-state index contributed by atoms with van der Waals surface area (Å²) in [6.07, 6.45) is -6.02. The van der Waals surface area contributed by atoms with Crippen LogP contribution in [0.5, 0.6) is 11.5 Å². The first-order valence-corrected chi connectivity index (χ1v) is 14.3. The molecule has 1 aliphatic carbocycles. The number of aliphatic hydroxyl groups is 1. The molecule has 4 aromatic rings. The van der Waals surface area contributed by atoms with Gasteiger partial charge < -0.3 is 25.6 Å². The molecular weight excluding hydrogens is 634 g/mol. The van der Waals surface area contributed by atoms with Crippen LogP contribution in [0.25, 0.3) is 22.2 Å². The molecule has 1 unspecified atom stereocenters. The minimum Gasteiger partial charge on any atom is -0.489 e. The number of ether oxygens (including phenoxy) is 2. The van der Waals surface area contributed by atoms with Gasteiger partial charge in [-0.2, -0.15) is 13.2 Å². The van der Waals surface area contributed by atoms with Gasteiger partial charge >= 0.3 is 6.18 Å². The lowest BCUT2D eigenvalue weighted by molar-refractivity contribution is -0.265. The lowest BCUT2D eigenvalue weighted by Gasteiger charge is -2.32. The number of amides is 2. The molecule has 47 heavy (non-hydrogen) atoms. The molecular formula is C32H26F6N4O5.